The Morgan fingerprint density at radius 2 is 2.00 bits per heavy atom. The quantitative estimate of drug-likeness (QED) is 0.864. The Labute approximate surface area is 112 Å². The van der Waals surface area contributed by atoms with Gasteiger partial charge in [-0.05, 0) is 43.5 Å². The topological polar surface area (TPSA) is 41.5 Å². The number of fused-ring (bicyclic) bond motifs is 1. The second-order valence-corrected chi connectivity index (χ2v) is 5.59. The molecule has 0 bridgehead atoms. The Morgan fingerprint density at radius 1 is 1.21 bits per heavy atom. The highest BCUT2D eigenvalue weighted by atomic mass is 19.1. The number of rotatable bonds is 2. The summed E-state index contributed by atoms with van der Waals surface area (Å²) in [6.07, 6.45) is 4.58. The van der Waals surface area contributed by atoms with Gasteiger partial charge in [0.05, 0.1) is 12.1 Å². The summed E-state index contributed by atoms with van der Waals surface area (Å²) in [5.41, 5.74) is 0.0660. The largest absolute Gasteiger partial charge is 0.385 e. The van der Waals surface area contributed by atoms with E-state index in [9.17, 15) is 9.50 Å². The molecular weight excluding hydrogens is 245 g/mol. The van der Waals surface area contributed by atoms with Gasteiger partial charge in [-0.1, -0.05) is 12.8 Å². The first-order chi connectivity index (χ1) is 9.18. The highest BCUT2D eigenvalue weighted by Crippen LogP contribution is 2.38. The van der Waals surface area contributed by atoms with Crippen molar-refractivity contribution in [2.24, 2.45) is 0 Å². The van der Waals surface area contributed by atoms with Crippen molar-refractivity contribution < 1.29 is 14.2 Å². The van der Waals surface area contributed by atoms with Crippen LogP contribution in [0.3, 0.4) is 0 Å². The minimum atomic E-state index is -0.787. The Bertz CT molecular complexity index is 434. The van der Waals surface area contributed by atoms with Crippen LogP contribution in [0.25, 0.3) is 0 Å². The molecule has 3 nitrogen and oxygen atoms in total. The van der Waals surface area contributed by atoms with Crippen LogP contribution >= 0.6 is 0 Å². The summed E-state index contributed by atoms with van der Waals surface area (Å²) >= 11 is 0. The van der Waals surface area contributed by atoms with Gasteiger partial charge in [0.1, 0.15) is 11.4 Å². The smallest absolute Gasteiger partial charge is 0.123 e. The number of ether oxygens (including phenoxy) is 1. The van der Waals surface area contributed by atoms with Crippen molar-refractivity contribution in [3.63, 3.8) is 0 Å². The van der Waals surface area contributed by atoms with Gasteiger partial charge in [-0.25, -0.2) is 4.39 Å². The first kappa shape index (κ1) is 12.9. The predicted molar refractivity (Wildman–Crippen MR) is 71.6 cm³/mol. The average molecular weight is 265 g/mol. The Kier molecular flexibility index (Phi) is 3.46. The number of halogens is 1. The van der Waals surface area contributed by atoms with Crippen molar-refractivity contribution in [1.82, 2.24) is 0 Å². The van der Waals surface area contributed by atoms with Gasteiger partial charge in [-0.15, -0.1) is 0 Å². The van der Waals surface area contributed by atoms with Crippen LogP contribution in [0, 0.1) is 5.82 Å². The molecule has 4 heteroatoms. The van der Waals surface area contributed by atoms with Gasteiger partial charge in [-0.3, -0.25) is 0 Å². The van der Waals surface area contributed by atoms with Crippen molar-refractivity contribution in [1.29, 1.82) is 0 Å². The van der Waals surface area contributed by atoms with Gasteiger partial charge in [0.15, 0.2) is 0 Å². The van der Waals surface area contributed by atoms with E-state index in [1.165, 1.54) is 12.1 Å². The molecule has 2 N–H and O–H groups in total. The number of anilines is 1. The molecule has 1 aliphatic carbocycles. The highest BCUT2D eigenvalue weighted by Gasteiger charge is 2.48. The number of hydrogen-bond acceptors (Lipinski definition) is 3. The summed E-state index contributed by atoms with van der Waals surface area (Å²) in [7, 11) is 0. The van der Waals surface area contributed by atoms with Crippen LogP contribution in [0.2, 0.25) is 0 Å². The molecule has 3 rings (SSSR count). The van der Waals surface area contributed by atoms with E-state index in [1.54, 1.807) is 12.1 Å². The lowest BCUT2D eigenvalue weighted by Gasteiger charge is -2.48. The fourth-order valence-corrected chi connectivity index (χ4v) is 3.30. The molecule has 2 aliphatic rings. The molecule has 1 aromatic rings. The zero-order chi connectivity index (χ0) is 13.3. The first-order valence-electron chi connectivity index (χ1n) is 7.04. The van der Waals surface area contributed by atoms with Crippen LogP contribution in [0.15, 0.2) is 24.3 Å². The van der Waals surface area contributed by atoms with Crippen LogP contribution in [-0.4, -0.2) is 29.5 Å². The summed E-state index contributed by atoms with van der Waals surface area (Å²) in [5, 5.41) is 14.3. The third-order valence-corrected chi connectivity index (χ3v) is 4.37. The summed E-state index contributed by atoms with van der Waals surface area (Å²) in [4.78, 5) is 0. The summed E-state index contributed by atoms with van der Waals surface area (Å²) in [6.45, 7) is 0.672. The highest BCUT2D eigenvalue weighted by molar-refractivity contribution is 5.44. The van der Waals surface area contributed by atoms with Crippen LogP contribution in [0.5, 0.6) is 0 Å². The van der Waals surface area contributed by atoms with E-state index < -0.39 is 5.60 Å². The molecular formula is C15H20FNO2. The summed E-state index contributed by atoms with van der Waals surface area (Å²) in [5.74, 6) is -0.244. The molecule has 1 saturated heterocycles. The molecule has 1 aliphatic heterocycles. The van der Waals surface area contributed by atoms with E-state index in [0.717, 1.165) is 37.8 Å². The lowest BCUT2D eigenvalue weighted by Crippen LogP contribution is -2.61. The van der Waals surface area contributed by atoms with Gasteiger partial charge >= 0.3 is 0 Å². The second-order valence-electron chi connectivity index (χ2n) is 5.59. The molecule has 104 valence electrons. The molecule has 0 aromatic heterocycles. The van der Waals surface area contributed by atoms with E-state index >= 15 is 0 Å². The van der Waals surface area contributed by atoms with Crippen molar-refractivity contribution in [3.8, 4) is 0 Å². The van der Waals surface area contributed by atoms with E-state index in [-0.39, 0.29) is 18.0 Å². The van der Waals surface area contributed by atoms with Crippen molar-refractivity contribution in [2.45, 2.75) is 49.9 Å². The molecule has 3 atom stereocenters. The molecule has 1 aromatic carbocycles. The normalized spacial score (nSPS) is 34.6. The van der Waals surface area contributed by atoms with Crippen LogP contribution in [0.1, 0.15) is 32.1 Å². The monoisotopic (exact) mass is 265 g/mol. The lowest BCUT2D eigenvalue weighted by atomic mass is 9.74. The van der Waals surface area contributed by atoms with Crippen LogP contribution in [0.4, 0.5) is 10.1 Å². The molecule has 1 heterocycles. The maximum atomic E-state index is 12.9. The zero-order valence-electron chi connectivity index (χ0n) is 10.9. The molecule has 0 spiro atoms. The number of benzene rings is 1. The number of nitrogens with one attached hydrogen (secondary N) is 1. The minimum Gasteiger partial charge on any atom is -0.385 e. The van der Waals surface area contributed by atoms with Crippen LogP contribution in [-0.2, 0) is 4.74 Å². The molecule has 0 amide bonds. The van der Waals surface area contributed by atoms with Gasteiger partial charge in [0.25, 0.3) is 0 Å². The second kappa shape index (κ2) is 5.10. The Balaban J connectivity index is 1.77. The SMILES string of the molecule is OC12CCCC[C@@H]1OCCC2Nc1ccc(F)cc1. The van der Waals surface area contributed by atoms with Crippen molar-refractivity contribution in [2.75, 3.05) is 11.9 Å². The Hall–Kier alpha value is -1.13. The number of hydrogen-bond donors (Lipinski definition) is 2. The fourth-order valence-electron chi connectivity index (χ4n) is 3.30. The maximum absolute atomic E-state index is 12.9. The van der Waals surface area contributed by atoms with E-state index in [2.05, 4.69) is 5.32 Å². The first-order valence-corrected chi connectivity index (χ1v) is 7.04. The standard InChI is InChI=1S/C15H20FNO2/c16-11-4-6-12(7-5-11)17-13-8-10-19-14-3-1-2-9-15(13,14)18/h4-7,13-14,17-18H,1-3,8-10H2/t13?,14-,15?/m0/s1. The summed E-state index contributed by atoms with van der Waals surface area (Å²) in [6, 6.07) is 6.28. The van der Waals surface area contributed by atoms with E-state index in [1.807, 2.05) is 0 Å². The minimum absolute atomic E-state index is 0.0167. The van der Waals surface area contributed by atoms with Gasteiger partial charge in [0.2, 0.25) is 0 Å². The molecule has 19 heavy (non-hydrogen) atoms. The lowest BCUT2D eigenvalue weighted by molar-refractivity contribution is -0.169. The molecule has 0 radical (unpaired) electrons. The predicted octanol–water partition coefficient (Wildman–Crippen LogP) is 2.70. The van der Waals surface area contributed by atoms with Crippen LogP contribution < -0.4 is 5.32 Å². The summed E-state index contributed by atoms with van der Waals surface area (Å²) < 4.78 is 18.6. The third-order valence-electron chi connectivity index (χ3n) is 4.37. The van der Waals surface area contributed by atoms with Crippen molar-refractivity contribution >= 4 is 5.69 Å². The average Bonchev–Trinajstić information content (AvgIpc) is 2.42. The maximum Gasteiger partial charge on any atom is 0.123 e. The fraction of sp³-hybridized carbons (Fsp3) is 0.600. The van der Waals surface area contributed by atoms with E-state index in [0.29, 0.717) is 6.61 Å². The van der Waals surface area contributed by atoms with Gasteiger partial charge in [0, 0.05) is 12.3 Å². The van der Waals surface area contributed by atoms with Crippen molar-refractivity contribution in [3.05, 3.63) is 30.1 Å². The Morgan fingerprint density at radius 3 is 2.79 bits per heavy atom. The number of aliphatic hydroxyl groups is 1. The molecule has 2 unspecified atom stereocenters. The zero-order valence-corrected chi connectivity index (χ0v) is 10.9. The van der Waals surface area contributed by atoms with E-state index in [4.69, 9.17) is 4.74 Å². The molecule has 1 saturated carbocycles. The third kappa shape index (κ3) is 2.47. The van der Waals surface area contributed by atoms with Gasteiger partial charge < -0.3 is 15.2 Å². The van der Waals surface area contributed by atoms with Gasteiger partial charge in [-0.2, -0.15) is 0 Å². The molecule has 2 fully saturated rings.